The Morgan fingerprint density at radius 1 is 1.60 bits per heavy atom. The van der Waals surface area contributed by atoms with Gasteiger partial charge in [-0.25, -0.2) is 4.99 Å². The number of aromatic amines is 1. The molecule has 10 heavy (non-hydrogen) atoms. The molecule has 1 aromatic rings. The van der Waals surface area contributed by atoms with Gasteiger partial charge in [0, 0.05) is 18.2 Å². The highest BCUT2D eigenvalue weighted by atomic mass is 14.9. The average molecular weight is 133 g/mol. The van der Waals surface area contributed by atoms with Crippen LogP contribution in [0.3, 0.4) is 0 Å². The Morgan fingerprint density at radius 2 is 2.50 bits per heavy atom. The fourth-order valence-corrected chi connectivity index (χ4v) is 1.05. The van der Waals surface area contributed by atoms with Crippen LogP contribution in [0, 0.1) is 5.41 Å². The van der Waals surface area contributed by atoms with E-state index < -0.39 is 0 Å². The van der Waals surface area contributed by atoms with Crippen molar-refractivity contribution >= 4 is 17.7 Å². The molecule has 2 N–H and O–H groups in total. The summed E-state index contributed by atoms with van der Waals surface area (Å²) < 4.78 is 0. The van der Waals surface area contributed by atoms with Crippen LogP contribution in [0.2, 0.25) is 0 Å². The van der Waals surface area contributed by atoms with Gasteiger partial charge in [0.05, 0.1) is 11.9 Å². The van der Waals surface area contributed by atoms with Gasteiger partial charge in [-0.15, -0.1) is 0 Å². The highest BCUT2D eigenvalue weighted by molar-refractivity contribution is 6.31. The lowest BCUT2D eigenvalue weighted by Gasteiger charge is -2.02. The average Bonchev–Trinajstić information content (AvgIpc) is 2.33. The largest absolute Gasteiger partial charge is 0.346 e. The topological polar surface area (TPSA) is 52.0 Å². The van der Waals surface area contributed by atoms with Crippen LogP contribution in [0.1, 0.15) is 5.56 Å². The van der Waals surface area contributed by atoms with Crippen molar-refractivity contribution in [3.8, 4) is 0 Å². The van der Waals surface area contributed by atoms with Gasteiger partial charge in [0.1, 0.15) is 5.82 Å². The van der Waals surface area contributed by atoms with Crippen LogP contribution in [0.5, 0.6) is 0 Å². The molecule has 0 atom stereocenters. The molecule has 0 aromatic carbocycles. The van der Waals surface area contributed by atoms with Gasteiger partial charge < -0.3 is 10.4 Å². The van der Waals surface area contributed by atoms with Crippen molar-refractivity contribution in [3.05, 3.63) is 17.8 Å². The molecule has 0 saturated heterocycles. The fraction of sp³-hybridized carbons (Fsp3) is 0.143. The Labute approximate surface area is 58.3 Å². The van der Waals surface area contributed by atoms with Gasteiger partial charge in [-0.1, -0.05) is 0 Å². The first-order valence-electron chi connectivity index (χ1n) is 3.14. The summed E-state index contributed by atoms with van der Waals surface area (Å²) in [5, 5.41) is 7.30. The zero-order valence-electron chi connectivity index (χ0n) is 5.39. The van der Waals surface area contributed by atoms with E-state index in [0.717, 1.165) is 11.4 Å². The number of aliphatic imine (C=N–C) groups is 1. The second kappa shape index (κ2) is 1.80. The minimum absolute atomic E-state index is 0.576. The fourth-order valence-electron chi connectivity index (χ4n) is 1.05. The van der Waals surface area contributed by atoms with E-state index in [1.165, 1.54) is 0 Å². The molecule has 50 valence electrons. The maximum absolute atomic E-state index is 7.30. The van der Waals surface area contributed by atoms with Crippen molar-refractivity contribution in [3.63, 3.8) is 0 Å². The normalized spacial score (nSPS) is 15.4. The van der Waals surface area contributed by atoms with Gasteiger partial charge >= 0.3 is 0 Å². The van der Waals surface area contributed by atoms with Gasteiger partial charge in [-0.2, -0.15) is 0 Å². The van der Waals surface area contributed by atoms with Crippen LogP contribution in [0.25, 0.3) is 0 Å². The van der Waals surface area contributed by atoms with Crippen molar-refractivity contribution < 1.29 is 0 Å². The molecule has 0 aliphatic carbocycles. The molecule has 0 unspecified atom stereocenters. The quantitative estimate of drug-likeness (QED) is 0.536. The van der Waals surface area contributed by atoms with Gasteiger partial charge in [-0.3, -0.25) is 0 Å². The number of rotatable bonds is 0. The van der Waals surface area contributed by atoms with E-state index in [9.17, 15) is 0 Å². The third-order valence-corrected chi connectivity index (χ3v) is 1.54. The van der Waals surface area contributed by atoms with E-state index in [2.05, 4.69) is 9.98 Å². The van der Waals surface area contributed by atoms with Crippen LogP contribution in [0.15, 0.2) is 17.3 Å². The number of hydrogen-bond acceptors (Lipinski definition) is 2. The minimum Gasteiger partial charge on any atom is -0.346 e. The first-order chi connectivity index (χ1) is 4.86. The van der Waals surface area contributed by atoms with Crippen molar-refractivity contribution in [2.45, 2.75) is 6.42 Å². The SMILES string of the molecule is N=C1C=Nc2[nH]ccc2C1. The number of fused-ring (bicyclic) bond motifs is 1. The summed E-state index contributed by atoms with van der Waals surface area (Å²) >= 11 is 0. The second-order valence-corrected chi connectivity index (χ2v) is 2.31. The van der Waals surface area contributed by atoms with Crippen LogP contribution < -0.4 is 0 Å². The molecule has 2 rings (SSSR count). The molecule has 0 bridgehead atoms. The van der Waals surface area contributed by atoms with Gasteiger partial charge in [0.25, 0.3) is 0 Å². The Hall–Kier alpha value is -1.38. The Kier molecular flexibility index (Phi) is 0.974. The van der Waals surface area contributed by atoms with Gasteiger partial charge in [0.15, 0.2) is 0 Å². The first kappa shape index (κ1) is 5.41. The van der Waals surface area contributed by atoms with E-state index in [-0.39, 0.29) is 0 Å². The standard InChI is InChI=1S/C7H7N3/c8-6-3-5-1-2-9-7(5)10-4-6/h1-2,4,8-9H,3H2. The molecule has 0 spiro atoms. The minimum atomic E-state index is 0.576. The summed E-state index contributed by atoms with van der Waals surface area (Å²) in [6.07, 6.45) is 4.14. The van der Waals surface area contributed by atoms with E-state index in [0.29, 0.717) is 12.1 Å². The molecule has 1 aliphatic rings. The molecule has 1 aliphatic heterocycles. The van der Waals surface area contributed by atoms with E-state index >= 15 is 0 Å². The smallest absolute Gasteiger partial charge is 0.133 e. The number of nitrogens with one attached hydrogen (secondary N) is 2. The van der Waals surface area contributed by atoms with E-state index in [4.69, 9.17) is 5.41 Å². The van der Waals surface area contributed by atoms with Crippen LogP contribution >= 0.6 is 0 Å². The molecule has 0 radical (unpaired) electrons. The third-order valence-electron chi connectivity index (χ3n) is 1.54. The summed E-state index contributed by atoms with van der Waals surface area (Å²) in [6.45, 7) is 0. The lowest BCUT2D eigenvalue weighted by molar-refractivity contribution is 1.24. The molecule has 0 fully saturated rings. The summed E-state index contributed by atoms with van der Waals surface area (Å²) in [5.41, 5.74) is 1.69. The highest BCUT2D eigenvalue weighted by Gasteiger charge is 2.08. The molecule has 3 heteroatoms. The molecule has 2 heterocycles. The summed E-state index contributed by atoms with van der Waals surface area (Å²) in [4.78, 5) is 7.01. The molecule has 0 amide bonds. The van der Waals surface area contributed by atoms with Crippen molar-refractivity contribution in [2.24, 2.45) is 4.99 Å². The zero-order valence-corrected chi connectivity index (χ0v) is 5.39. The molecule has 0 saturated carbocycles. The van der Waals surface area contributed by atoms with Crippen molar-refractivity contribution in [2.75, 3.05) is 0 Å². The molecule has 3 nitrogen and oxygen atoms in total. The van der Waals surface area contributed by atoms with Crippen molar-refractivity contribution in [1.29, 1.82) is 5.41 Å². The first-order valence-corrected chi connectivity index (χ1v) is 3.14. The predicted octanol–water partition coefficient (Wildman–Crippen LogP) is 1.29. The lowest BCUT2D eigenvalue weighted by Crippen LogP contribution is -2.05. The second-order valence-electron chi connectivity index (χ2n) is 2.31. The van der Waals surface area contributed by atoms with Crippen molar-refractivity contribution in [1.82, 2.24) is 4.98 Å². The number of H-pyrrole nitrogens is 1. The number of aromatic nitrogens is 1. The van der Waals surface area contributed by atoms with Crippen LogP contribution in [-0.4, -0.2) is 16.9 Å². The maximum atomic E-state index is 7.30. The summed E-state index contributed by atoms with van der Waals surface area (Å²) in [5.74, 6) is 0.899. The van der Waals surface area contributed by atoms with Gasteiger partial charge in [0.2, 0.25) is 0 Å². The highest BCUT2D eigenvalue weighted by Crippen LogP contribution is 2.19. The molecular weight excluding hydrogens is 126 g/mol. The Bertz CT molecular complexity index is 296. The predicted molar refractivity (Wildman–Crippen MR) is 40.4 cm³/mol. The van der Waals surface area contributed by atoms with Crippen LogP contribution in [0.4, 0.5) is 5.82 Å². The monoisotopic (exact) mass is 133 g/mol. The van der Waals surface area contributed by atoms with Gasteiger partial charge in [-0.05, 0) is 6.07 Å². The summed E-state index contributed by atoms with van der Waals surface area (Å²) in [6, 6.07) is 1.96. The maximum Gasteiger partial charge on any atom is 0.133 e. The Morgan fingerprint density at radius 3 is 3.40 bits per heavy atom. The van der Waals surface area contributed by atoms with E-state index in [1.54, 1.807) is 6.21 Å². The lowest BCUT2D eigenvalue weighted by atomic mass is 10.1. The zero-order chi connectivity index (χ0) is 6.97. The number of nitrogens with zero attached hydrogens (tertiary/aromatic N) is 1. The number of hydrogen-bond donors (Lipinski definition) is 2. The summed E-state index contributed by atoms with van der Waals surface area (Å²) in [7, 11) is 0. The Balaban J connectivity index is 2.52. The molecular formula is C7H7N3. The molecule has 1 aromatic heterocycles. The van der Waals surface area contributed by atoms with E-state index in [1.807, 2.05) is 12.3 Å². The van der Waals surface area contributed by atoms with Crippen LogP contribution in [-0.2, 0) is 6.42 Å². The third kappa shape index (κ3) is 0.673.